The third-order valence-electron chi connectivity index (χ3n) is 4.66. The lowest BCUT2D eigenvalue weighted by Crippen LogP contribution is -2.36. The first-order valence-electron chi connectivity index (χ1n) is 10.2. The molecule has 0 unspecified atom stereocenters. The summed E-state index contributed by atoms with van der Waals surface area (Å²) in [5, 5.41) is 3.38. The van der Waals surface area contributed by atoms with Gasteiger partial charge in [0.1, 0.15) is 5.00 Å². The second kappa shape index (κ2) is 11.2. The Morgan fingerprint density at radius 3 is 2.58 bits per heavy atom. The van der Waals surface area contributed by atoms with Crippen LogP contribution in [-0.2, 0) is 27.2 Å². The van der Waals surface area contributed by atoms with Crippen molar-refractivity contribution in [2.24, 2.45) is 0 Å². The molecule has 0 spiro atoms. The number of ether oxygens (including phenoxy) is 2. The van der Waals surface area contributed by atoms with E-state index in [1.807, 2.05) is 30.3 Å². The van der Waals surface area contributed by atoms with E-state index in [0.29, 0.717) is 48.9 Å². The van der Waals surface area contributed by atoms with E-state index in [-0.39, 0.29) is 18.6 Å². The Morgan fingerprint density at radius 2 is 1.87 bits per heavy atom. The largest absolute Gasteiger partial charge is 0.462 e. The van der Waals surface area contributed by atoms with Crippen LogP contribution in [0.5, 0.6) is 0 Å². The summed E-state index contributed by atoms with van der Waals surface area (Å²) in [5.41, 5.74) is 1.26. The molecule has 0 saturated heterocycles. The molecule has 9 heteroatoms. The number of amides is 2. The van der Waals surface area contributed by atoms with Gasteiger partial charge in [-0.3, -0.25) is 4.79 Å². The van der Waals surface area contributed by atoms with E-state index in [4.69, 9.17) is 9.47 Å². The highest BCUT2D eigenvalue weighted by molar-refractivity contribution is 7.99. The number of benzene rings is 1. The van der Waals surface area contributed by atoms with Crippen molar-refractivity contribution in [3.05, 3.63) is 46.3 Å². The maximum atomic E-state index is 12.6. The fraction of sp³-hybridized carbons (Fsp3) is 0.409. The van der Waals surface area contributed by atoms with Crippen molar-refractivity contribution in [3.8, 4) is 0 Å². The molecule has 3 rings (SSSR count). The van der Waals surface area contributed by atoms with Gasteiger partial charge in [0.15, 0.2) is 0 Å². The maximum absolute atomic E-state index is 12.6. The number of carbonyl (C=O) groups excluding carboxylic acids is 3. The van der Waals surface area contributed by atoms with Crippen molar-refractivity contribution in [2.45, 2.75) is 38.1 Å². The Hall–Kier alpha value is -2.52. The molecular formula is C22H26N2O5S2. The molecule has 0 bridgehead atoms. The molecule has 0 radical (unpaired) electrons. The van der Waals surface area contributed by atoms with E-state index in [2.05, 4.69) is 5.32 Å². The lowest BCUT2D eigenvalue weighted by molar-refractivity contribution is -0.115. The molecule has 166 valence electrons. The molecule has 31 heavy (non-hydrogen) atoms. The molecule has 1 aromatic heterocycles. The molecule has 2 aromatic rings. The van der Waals surface area contributed by atoms with E-state index in [1.165, 1.54) is 11.3 Å². The third kappa shape index (κ3) is 6.01. The van der Waals surface area contributed by atoms with Crippen LogP contribution in [0.4, 0.5) is 9.80 Å². The second-order valence-electron chi connectivity index (χ2n) is 6.76. The Labute approximate surface area is 190 Å². The minimum Gasteiger partial charge on any atom is -0.462 e. The van der Waals surface area contributed by atoms with E-state index in [9.17, 15) is 14.4 Å². The fourth-order valence-corrected chi connectivity index (χ4v) is 5.39. The van der Waals surface area contributed by atoms with E-state index >= 15 is 0 Å². The van der Waals surface area contributed by atoms with E-state index in [1.54, 1.807) is 30.5 Å². The Balaban J connectivity index is 1.70. The molecule has 0 aliphatic carbocycles. The molecule has 2 amide bonds. The first-order valence-corrected chi connectivity index (χ1v) is 12.0. The number of thiophene rings is 1. The molecule has 1 aromatic carbocycles. The molecule has 1 aliphatic rings. The zero-order valence-corrected chi connectivity index (χ0v) is 19.3. The number of carbonyl (C=O) groups is 3. The smallest absolute Gasteiger partial charge is 0.410 e. The highest BCUT2D eigenvalue weighted by atomic mass is 32.2. The predicted octanol–water partition coefficient (Wildman–Crippen LogP) is 4.56. The van der Waals surface area contributed by atoms with Crippen molar-refractivity contribution in [1.82, 2.24) is 4.90 Å². The van der Waals surface area contributed by atoms with Crippen LogP contribution in [-0.4, -0.2) is 48.4 Å². The van der Waals surface area contributed by atoms with Crippen LogP contribution in [0.1, 0.15) is 41.1 Å². The van der Waals surface area contributed by atoms with Gasteiger partial charge in [0.25, 0.3) is 0 Å². The molecule has 0 saturated carbocycles. The zero-order valence-electron chi connectivity index (χ0n) is 17.6. The monoisotopic (exact) mass is 462 g/mol. The minimum absolute atomic E-state index is 0.158. The van der Waals surface area contributed by atoms with Gasteiger partial charge in [0.2, 0.25) is 5.91 Å². The third-order valence-corrected chi connectivity index (χ3v) is 6.80. The summed E-state index contributed by atoms with van der Waals surface area (Å²) < 4.78 is 10.3. The van der Waals surface area contributed by atoms with Crippen molar-refractivity contribution in [3.63, 3.8) is 0 Å². The summed E-state index contributed by atoms with van der Waals surface area (Å²) in [5.74, 6) is 0.0279. The number of hydrogen-bond acceptors (Lipinski definition) is 7. The van der Waals surface area contributed by atoms with Crippen LogP contribution < -0.4 is 5.32 Å². The Bertz CT molecular complexity index is 929. The molecule has 1 aliphatic heterocycles. The van der Waals surface area contributed by atoms with Crippen molar-refractivity contribution < 1.29 is 23.9 Å². The Kier molecular flexibility index (Phi) is 8.36. The topological polar surface area (TPSA) is 84.9 Å². The minimum atomic E-state index is -0.446. The van der Waals surface area contributed by atoms with E-state index in [0.717, 1.165) is 15.3 Å². The van der Waals surface area contributed by atoms with E-state index < -0.39 is 5.97 Å². The number of thioether (sulfide) groups is 1. The summed E-state index contributed by atoms with van der Waals surface area (Å²) in [7, 11) is 0. The number of hydrogen-bond donors (Lipinski definition) is 1. The highest BCUT2D eigenvalue weighted by Gasteiger charge is 2.31. The van der Waals surface area contributed by atoms with Gasteiger partial charge in [-0.15, -0.1) is 23.1 Å². The first kappa shape index (κ1) is 23.1. The van der Waals surface area contributed by atoms with Gasteiger partial charge in [-0.05, 0) is 38.0 Å². The quantitative estimate of drug-likeness (QED) is 0.457. The number of esters is 1. The summed E-state index contributed by atoms with van der Waals surface area (Å²) in [6.45, 7) is 4.88. The van der Waals surface area contributed by atoms with Crippen LogP contribution in [0, 0.1) is 0 Å². The predicted molar refractivity (Wildman–Crippen MR) is 122 cm³/mol. The van der Waals surface area contributed by atoms with Gasteiger partial charge in [0.05, 0.1) is 25.3 Å². The summed E-state index contributed by atoms with van der Waals surface area (Å²) in [4.78, 5) is 40.9. The second-order valence-corrected chi connectivity index (χ2v) is 9.03. The van der Waals surface area contributed by atoms with Crippen molar-refractivity contribution in [2.75, 3.05) is 30.8 Å². The molecule has 2 heterocycles. The highest BCUT2D eigenvalue weighted by Crippen LogP contribution is 2.38. The molecule has 0 atom stereocenters. The van der Waals surface area contributed by atoms with Gasteiger partial charge < -0.3 is 19.7 Å². The maximum Gasteiger partial charge on any atom is 0.410 e. The summed E-state index contributed by atoms with van der Waals surface area (Å²) in [6.07, 6.45) is 0.459. The van der Waals surface area contributed by atoms with Crippen molar-refractivity contribution in [1.29, 1.82) is 0 Å². The number of anilines is 1. The van der Waals surface area contributed by atoms with Gasteiger partial charge in [-0.1, -0.05) is 18.2 Å². The lowest BCUT2D eigenvalue weighted by Gasteiger charge is -2.26. The van der Waals surface area contributed by atoms with Crippen molar-refractivity contribution >= 4 is 46.1 Å². The van der Waals surface area contributed by atoms with Gasteiger partial charge in [-0.2, -0.15) is 0 Å². The zero-order chi connectivity index (χ0) is 22.2. The standard InChI is InChI=1S/C22H26N2O5S2/c1-3-28-21(26)19-16-10-12-24(22(27)29-4-2)14-17(16)31-20(19)23-18(25)11-13-30-15-8-6-5-7-9-15/h5-9H,3-4,10-14H2,1-2H3,(H,23,25). The van der Waals surface area contributed by atoms with Crippen LogP contribution in [0.25, 0.3) is 0 Å². The SMILES string of the molecule is CCOC(=O)c1c(NC(=O)CCSc2ccccc2)sc2c1CCN(C(=O)OCC)C2. The van der Waals surface area contributed by atoms with Gasteiger partial charge in [0, 0.05) is 28.5 Å². The summed E-state index contributed by atoms with van der Waals surface area (Å²) in [6, 6.07) is 9.89. The molecule has 7 nitrogen and oxygen atoms in total. The number of nitrogens with one attached hydrogen (secondary N) is 1. The molecule has 0 fully saturated rings. The van der Waals surface area contributed by atoms with Gasteiger partial charge in [-0.25, -0.2) is 9.59 Å². The first-order chi connectivity index (χ1) is 15.0. The van der Waals surface area contributed by atoms with Crippen LogP contribution in [0.3, 0.4) is 0 Å². The summed E-state index contributed by atoms with van der Waals surface area (Å²) >= 11 is 2.93. The Morgan fingerprint density at radius 1 is 1.13 bits per heavy atom. The number of nitrogens with zero attached hydrogens (tertiary/aromatic N) is 1. The molecular weight excluding hydrogens is 436 g/mol. The van der Waals surface area contributed by atoms with Crippen LogP contribution >= 0.6 is 23.1 Å². The molecule has 1 N–H and O–H groups in total. The fourth-order valence-electron chi connectivity index (χ4n) is 3.25. The normalized spacial score (nSPS) is 12.8. The van der Waals surface area contributed by atoms with Gasteiger partial charge >= 0.3 is 12.1 Å². The van der Waals surface area contributed by atoms with Crippen LogP contribution in [0.2, 0.25) is 0 Å². The van der Waals surface area contributed by atoms with Crippen LogP contribution in [0.15, 0.2) is 35.2 Å². The lowest BCUT2D eigenvalue weighted by atomic mass is 10.0. The number of rotatable bonds is 8. The average Bonchev–Trinajstić information content (AvgIpc) is 3.11. The average molecular weight is 463 g/mol. The number of fused-ring (bicyclic) bond motifs is 1.